The number of benzene rings is 1. The Hall–Kier alpha value is -2.16. The summed E-state index contributed by atoms with van der Waals surface area (Å²) in [5.41, 5.74) is 4.84. The lowest BCUT2D eigenvalue weighted by atomic mass is 9.99. The van der Waals surface area contributed by atoms with Gasteiger partial charge in [-0.25, -0.2) is 0 Å². The predicted octanol–water partition coefficient (Wildman–Crippen LogP) is 3.52. The third-order valence-electron chi connectivity index (χ3n) is 3.05. The molecule has 3 nitrogen and oxygen atoms in total. The van der Waals surface area contributed by atoms with Gasteiger partial charge < -0.3 is 5.21 Å². The second-order valence-corrected chi connectivity index (χ2v) is 4.50. The van der Waals surface area contributed by atoms with Crippen molar-refractivity contribution >= 4 is 5.71 Å². The van der Waals surface area contributed by atoms with Crippen molar-refractivity contribution in [3.05, 3.63) is 71.4 Å². The fraction of sp³-hybridized carbons (Fsp3) is 0.188. The molecule has 0 aliphatic heterocycles. The maximum absolute atomic E-state index is 9.17. The van der Waals surface area contributed by atoms with Crippen LogP contribution in [0.3, 0.4) is 0 Å². The molecule has 97 valence electrons. The van der Waals surface area contributed by atoms with Gasteiger partial charge in [-0.2, -0.15) is 0 Å². The van der Waals surface area contributed by atoms with E-state index in [0.717, 1.165) is 16.8 Å². The van der Waals surface area contributed by atoms with Crippen LogP contribution in [0.4, 0.5) is 0 Å². The van der Waals surface area contributed by atoms with Crippen molar-refractivity contribution in [1.82, 2.24) is 4.98 Å². The van der Waals surface area contributed by atoms with E-state index in [2.05, 4.69) is 35.6 Å². The fourth-order valence-electron chi connectivity index (χ4n) is 1.96. The lowest BCUT2D eigenvalue weighted by Crippen LogP contribution is -2.03. The summed E-state index contributed by atoms with van der Waals surface area (Å²) in [4.78, 5) is 4.14. The Bertz CT molecular complexity index is 591. The number of aromatic nitrogens is 1. The largest absolute Gasteiger partial charge is 0.411 e. The molecule has 3 heteroatoms. The van der Waals surface area contributed by atoms with Crippen LogP contribution in [-0.4, -0.2) is 15.9 Å². The molecular formula is C16H17N2O. The van der Waals surface area contributed by atoms with Gasteiger partial charge in [0, 0.05) is 23.9 Å². The van der Waals surface area contributed by atoms with E-state index >= 15 is 0 Å². The number of nitrogens with zero attached hydrogens (tertiary/aromatic N) is 2. The van der Waals surface area contributed by atoms with Crippen LogP contribution in [0.1, 0.15) is 28.8 Å². The maximum atomic E-state index is 9.17. The summed E-state index contributed by atoms with van der Waals surface area (Å²) in [7, 11) is 0. The normalized spacial score (nSPS) is 11.6. The number of hydrogen-bond acceptors (Lipinski definition) is 3. The zero-order valence-electron chi connectivity index (χ0n) is 11.2. The molecule has 2 aromatic rings. The summed E-state index contributed by atoms with van der Waals surface area (Å²) in [6, 6.07) is 11.9. The Morgan fingerprint density at radius 1 is 1.26 bits per heavy atom. The van der Waals surface area contributed by atoms with E-state index in [1.807, 2.05) is 31.2 Å². The van der Waals surface area contributed by atoms with E-state index in [0.29, 0.717) is 12.1 Å². The average Bonchev–Trinajstić information content (AvgIpc) is 2.41. The van der Waals surface area contributed by atoms with E-state index < -0.39 is 0 Å². The SMILES string of the molecule is Cc1cc(/C(C[CH]c2ccccc2C)=N/O)ccn1. The number of pyridine rings is 1. The highest BCUT2D eigenvalue weighted by atomic mass is 16.4. The van der Waals surface area contributed by atoms with E-state index in [9.17, 15) is 0 Å². The lowest BCUT2D eigenvalue weighted by Gasteiger charge is -2.07. The molecule has 0 saturated heterocycles. The lowest BCUT2D eigenvalue weighted by molar-refractivity contribution is 0.318. The summed E-state index contributed by atoms with van der Waals surface area (Å²) in [5, 5.41) is 12.6. The van der Waals surface area contributed by atoms with Crippen LogP contribution < -0.4 is 0 Å². The summed E-state index contributed by atoms with van der Waals surface area (Å²) < 4.78 is 0. The first-order valence-corrected chi connectivity index (χ1v) is 6.23. The van der Waals surface area contributed by atoms with Crippen LogP contribution in [0.5, 0.6) is 0 Å². The van der Waals surface area contributed by atoms with Crippen molar-refractivity contribution in [1.29, 1.82) is 0 Å². The minimum atomic E-state index is 0.588. The Balaban J connectivity index is 2.11. The number of aryl methyl sites for hydroxylation is 2. The predicted molar refractivity (Wildman–Crippen MR) is 76.5 cm³/mol. The van der Waals surface area contributed by atoms with Crippen LogP contribution in [0, 0.1) is 20.3 Å². The molecule has 1 aromatic carbocycles. The maximum Gasteiger partial charge on any atom is 0.0875 e. The van der Waals surface area contributed by atoms with Gasteiger partial charge in [-0.3, -0.25) is 4.98 Å². The zero-order chi connectivity index (χ0) is 13.7. The van der Waals surface area contributed by atoms with Gasteiger partial charge in [0.05, 0.1) is 5.71 Å². The summed E-state index contributed by atoms with van der Waals surface area (Å²) in [6.45, 7) is 3.99. The van der Waals surface area contributed by atoms with Gasteiger partial charge in [0.1, 0.15) is 0 Å². The molecule has 1 heterocycles. The highest BCUT2D eigenvalue weighted by Gasteiger charge is 2.07. The molecule has 0 unspecified atom stereocenters. The Morgan fingerprint density at radius 2 is 2.05 bits per heavy atom. The van der Waals surface area contributed by atoms with Crippen molar-refractivity contribution in [3.63, 3.8) is 0 Å². The molecule has 0 bridgehead atoms. The molecule has 1 radical (unpaired) electrons. The van der Waals surface area contributed by atoms with E-state index in [1.54, 1.807) is 6.20 Å². The highest BCUT2D eigenvalue weighted by Crippen LogP contribution is 2.14. The molecule has 0 aliphatic carbocycles. The Kier molecular flexibility index (Phi) is 4.29. The van der Waals surface area contributed by atoms with E-state index in [4.69, 9.17) is 5.21 Å². The number of oxime groups is 1. The number of hydrogen-bond donors (Lipinski definition) is 1. The van der Waals surface area contributed by atoms with Gasteiger partial charge in [-0.1, -0.05) is 29.4 Å². The molecule has 0 amide bonds. The van der Waals surface area contributed by atoms with Crippen molar-refractivity contribution in [2.24, 2.45) is 5.16 Å². The molecule has 0 spiro atoms. The van der Waals surface area contributed by atoms with E-state index in [-0.39, 0.29) is 0 Å². The van der Waals surface area contributed by atoms with Crippen molar-refractivity contribution < 1.29 is 5.21 Å². The zero-order valence-corrected chi connectivity index (χ0v) is 11.2. The molecule has 19 heavy (non-hydrogen) atoms. The monoisotopic (exact) mass is 253 g/mol. The molecule has 0 atom stereocenters. The smallest absolute Gasteiger partial charge is 0.0875 e. The summed E-state index contributed by atoms with van der Waals surface area (Å²) in [5.74, 6) is 0. The van der Waals surface area contributed by atoms with Gasteiger partial charge in [-0.05, 0) is 43.5 Å². The van der Waals surface area contributed by atoms with Gasteiger partial charge in [0.25, 0.3) is 0 Å². The highest BCUT2D eigenvalue weighted by molar-refractivity contribution is 6.01. The molecular weight excluding hydrogens is 236 g/mol. The minimum Gasteiger partial charge on any atom is -0.411 e. The Morgan fingerprint density at radius 3 is 2.74 bits per heavy atom. The van der Waals surface area contributed by atoms with E-state index in [1.165, 1.54) is 5.56 Å². The van der Waals surface area contributed by atoms with Crippen LogP contribution in [0.2, 0.25) is 0 Å². The standard InChI is InChI=1S/C16H17N2O/c1-12-5-3-4-6-14(12)7-8-16(18-19)15-9-10-17-13(2)11-15/h3-7,9-11,19H,8H2,1-2H3/b18-16+. The number of rotatable bonds is 4. The van der Waals surface area contributed by atoms with Crippen LogP contribution in [-0.2, 0) is 0 Å². The minimum absolute atomic E-state index is 0.588. The van der Waals surface area contributed by atoms with Crippen molar-refractivity contribution in [2.75, 3.05) is 0 Å². The summed E-state index contributed by atoms with van der Waals surface area (Å²) in [6.07, 6.45) is 4.38. The van der Waals surface area contributed by atoms with Crippen LogP contribution in [0.25, 0.3) is 0 Å². The third kappa shape index (κ3) is 3.41. The van der Waals surface area contributed by atoms with Crippen molar-refractivity contribution in [2.45, 2.75) is 20.3 Å². The molecule has 1 aromatic heterocycles. The molecule has 1 N–H and O–H groups in total. The average molecular weight is 253 g/mol. The first-order valence-electron chi connectivity index (χ1n) is 6.23. The molecule has 0 aliphatic rings. The van der Waals surface area contributed by atoms with Gasteiger partial charge in [-0.15, -0.1) is 0 Å². The first kappa shape index (κ1) is 13.3. The molecule has 0 saturated carbocycles. The third-order valence-corrected chi connectivity index (χ3v) is 3.05. The van der Waals surface area contributed by atoms with Gasteiger partial charge in [0.15, 0.2) is 0 Å². The summed E-state index contributed by atoms with van der Waals surface area (Å²) >= 11 is 0. The first-order chi connectivity index (χ1) is 9.20. The molecule has 0 fully saturated rings. The van der Waals surface area contributed by atoms with Crippen molar-refractivity contribution in [3.8, 4) is 0 Å². The second kappa shape index (κ2) is 6.14. The van der Waals surface area contributed by atoms with Crippen LogP contribution >= 0.6 is 0 Å². The topological polar surface area (TPSA) is 45.5 Å². The van der Waals surface area contributed by atoms with Crippen LogP contribution in [0.15, 0.2) is 47.8 Å². The van der Waals surface area contributed by atoms with Gasteiger partial charge >= 0.3 is 0 Å². The van der Waals surface area contributed by atoms with Gasteiger partial charge in [0.2, 0.25) is 0 Å². The Labute approximate surface area is 113 Å². The second-order valence-electron chi connectivity index (χ2n) is 4.50. The quantitative estimate of drug-likeness (QED) is 0.515. The fourth-order valence-corrected chi connectivity index (χ4v) is 1.96. The molecule has 2 rings (SSSR count).